The second-order valence-corrected chi connectivity index (χ2v) is 7.63. The second-order valence-electron chi connectivity index (χ2n) is 7.23. The molecule has 0 spiro atoms. The molecule has 3 amide bonds. The van der Waals surface area contributed by atoms with Crippen molar-refractivity contribution in [3.8, 4) is 0 Å². The Hall–Kier alpha value is -3.46. The minimum absolute atomic E-state index is 0.164. The maximum atomic E-state index is 12.2. The van der Waals surface area contributed by atoms with Crippen LogP contribution in [0.25, 0.3) is 5.65 Å². The van der Waals surface area contributed by atoms with Crippen LogP contribution in [-0.4, -0.2) is 38.9 Å². The quantitative estimate of drug-likeness (QED) is 0.515. The number of aryl methyl sites for hydroxylation is 3. The van der Waals surface area contributed by atoms with Crippen molar-refractivity contribution >= 4 is 40.7 Å². The number of nitrogens with one attached hydrogen (secondary N) is 2. The zero-order chi connectivity index (χ0) is 22.7. The zero-order valence-electron chi connectivity index (χ0n) is 17.5. The number of fused-ring (bicyclic) bond motifs is 1. The molecule has 2 heterocycles. The summed E-state index contributed by atoms with van der Waals surface area (Å²) in [5.41, 5.74) is 9.77. The predicted molar refractivity (Wildman–Crippen MR) is 117 cm³/mol. The molecule has 31 heavy (non-hydrogen) atoms. The van der Waals surface area contributed by atoms with E-state index < -0.39 is 5.91 Å². The lowest BCUT2D eigenvalue weighted by Gasteiger charge is -2.12. The third kappa shape index (κ3) is 5.00. The van der Waals surface area contributed by atoms with Gasteiger partial charge in [0, 0.05) is 17.8 Å². The number of carbonyl (C=O) groups is 3. The van der Waals surface area contributed by atoms with Gasteiger partial charge in [0.05, 0.1) is 23.5 Å². The number of halogens is 1. The second kappa shape index (κ2) is 9.13. The molecule has 0 atom stereocenters. The van der Waals surface area contributed by atoms with Crippen LogP contribution in [0.2, 0.25) is 5.02 Å². The highest BCUT2D eigenvalue weighted by atomic mass is 35.5. The molecular formula is C21H23ClN6O3. The largest absolute Gasteiger partial charge is 0.365 e. The number of carbonyl (C=O) groups excluding carboxylic acids is 3. The van der Waals surface area contributed by atoms with Crippen LogP contribution in [0.1, 0.15) is 39.3 Å². The molecule has 4 N–H and O–H groups in total. The van der Waals surface area contributed by atoms with Crippen LogP contribution in [0.15, 0.2) is 24.4 Å². The fourth-order valence-corrected chi connectivity index (χ4v) is 3.55. The monoisotopic (exact) mass is 442 g/mol. The highest BCUT2D eigenvalue weighted by Crippen LogP contribution is 2.22. The normalized spacial score (nSPS) is 10.8. The van der Waals surface area contributed by atoms with Crippen molar-refractivity contribution in [3.63, 3.8) is 0 Å². The van der Waals surface area contributed by atoms with E-state index in [1.807, 2.05) is 19.9 Å². The lowest BCUT2D eigenvalue weighted by atomic mass is 10.1. The third-order valence-corrected chi connectivity index (χ3v) is 5.23. The lowest BCUT2D eigenvalue weighted by Crippen LogP contribution is -2.33. The number of aromatic nitrogens is 3. The van der Waals surface area contributed by atoms with E-state index in [0.717, 1.165) is 16.8 Å². The minimum atomic E-state index is -0.598. The van der Waals surface area contributed by atoms with E-state index in [4.69, 9.17) is 17.3 Å². The Morgan fingerprint density at radius 3 is 2.58 bits per heavy atom. The smallest absolute Gasteiger partial charge is 0.254 e. The molecule has 0 radical (unpaired) electrons. The van der Waals surface area contributed by atoms with E-state index in [1.165, 1.54) is 6.20 Å². The van der Waals surface area contributed by atoms with Gasteiger partial charge in [-0.25, -0.2) is 9.50 Å². The van der Waals surface area contributed by atoms with Crippen molar-refractivity contribution in [2.24, 2.45) is 5.73 Å². The summed E-state index contributed by atoms with van der Waals surface area (Å²) in [5, 5.41) is 9.88. The number of primary amides is 1. The summed E-state index contributed by atoms with van der Waals surface area (Å²) < 4.78 is 1.54. The SMILES string of the molecule is Cc1ccc(NC(=O)CNC(=O)CCc2c(C)nc3c(C(N)=O)cnn3c2C)c(Cl)c1. The van der Waals surface area contributed by atoms with Crippen LogP contribution in [-0.2, 0) is 16.0 Å². The Labute approximate surface area is 184 Å². The molecule has 10 heteroatoms. The van der Waals surface area contributed by atoms with Gasteiger partial charge < -0.3 is 16.4 Å². The summed E-state index contributed by atoms with van der Waals surface area (Å²) in [4.78, 5) is 40.3. The van der Waals surface area contributed by atoms with Gasteiger partial charge >= 0.3 is 0 Å². The molecule has 0 aliphatic heterocycles. The number of hydrogen-bond acceptors (Lipinski definition) is 5. The molecule has 0 fully saturated rings. The molecule has 0 saturated heterocycles. The molecule has 0 aliphatic carbocycles. The molecule has 0 saturated carbocycles. The van der Waals surface area contributed by atoms with Crippen LogP contribution in [0.5, 0.6) is 0 Å². The summed E-state index contributed by atoms with van der Waals surface area (Å²) in [6, 6.07) is 5.30. The molecule has 0 bridgehead atoms. The molecule has 3 rings (SSSR count). The van der Waals surface area contributed by atoms with Crippen LogP contribution in [0.4, 0.5) is 5.69 Å². The van der Waals surface area contributed by atoms with E-state index >= 15 is 0 Å². The zero-order valence-corrected chi connectivity index (χ0v) is 18.2. The van der Waals surface area contributed by atoms with Crippen LogP contribution >= 0.6 is 11.6 Å². The van der Waals surface area contributed by atoms with Crippen molar-refractivity contribution < 1.29 is 14.4 Å². The van der Waals surface area contributed by atoms with Gasteiger partial charge in [0.1, 0.15) is 5.56 Å². The van der Waals surface area contributed by atoms with Crippen molar-refractivity contribution in [3.05, 3.63) is 57.5 Å². The topological polar surface area (TPSA) is 131 Å². The Kier molecular flexibility index (Phi) is 6.55. The summed E-state index contributed by atoms with van der Waals surface area (Å²) >= 11 is 6.10. The number of benzene rings is 1. The summed E-state index contributed by atoms with van der Waals surface area (Å²) in [7, 11) is 0. The highest BCUT2D eigenvalue weighted by Gasteiger charge is 2.17. The summed E-state index contributed by atoms with van der Waals surface area (Å²) in [6.45, 7) is 5.37. The van der Waals surface area contributed by atoms with Crippen LogP contribution in [0.3, 0.4) is 0 Å². The molecule has 1 aromatic carbocycles. The van der Waals surface area contributed by atoms with Gasteiger partial charge in [-0.15, -0.1) is 0 Å². The highest BCUT2D eigenvalue weighted by molar-refractivity contribution is 6.33. The van der Waals surface area contributed by atoms with Gasteiger partial charge in [-0.2, -0.15) is 5.10 Å². The molecule has 2 aromatic heterocycles. The molecule has 3 aromatic rings. The first kappa shape index (κ1) is 22.2. The van der Waals surface area contributed by atoms with E-state index in [1.54, 1.807) is 23.6 Å². The first-order valence-corrected chi connectivity index (χ1v) is 10.0. The first-order valence-electron chi connectivity index (χ1n) is 9.63. The van der Waals surface area contributed by atoms with Crippen LogP contribution < -0.4 is 16.4 Å². The van der Waals surface area contributed by atoms with E-state index in [0.29, 0.717) is 28.5 Å². The predicted octanol–water partition coefficient (Wildman–Crippen LogP) is 2.09. The van der Waals surface area contributed by atoms with Crippen molar-refractivity contribution in [1.29, 1.82) is 0 Å². The van der Waals surface area contributed by atoms with Gasteiger partial charge in [-0.1, -0.05) is 17.7 Å². The third-order valence-electron chi connectivity index (χ3n) is 4.92. The maximum Gasteiger partial charge on any atom is 0.254 e. The number of nitrogens with two attached hydrogens (primary N) is 1. The molecule has 9 nitrogen and oxygen atoms in total. The number of amides is 3. The fraction of sp³-hybridized carbons (Fsp3) is 0.286. The molecule has 0 aliphatic rings. The Balaban J connectivity index is 1.58. The Morgan fingerprint density at radius 1 is 1.16 bits per heavy atom. The van der Waals surface area contributed by atoms with E-state index in [2.05, 4.69) is 20.7 Å². The fourth-order valence-electron chi connectivity index (χ4n) is 3.27. The number of hydrogen-bond donors (Lipinski definition) is 3. The average Bonchev–Trinajstić information content (AvgIpc) is 3.12. The van der Waals surface area contributed by atoms with Crippen molar-refractivity contribution in [2.45, 2.75) is 33.6 Å². The Morgan fingerprint density at radius 2 is 1.90 bits per heavy atom. The van der Waals surface area contributed by atoms with Crippen molar-refractivity contribution in [1.82, 2.24) is 19.9 Å². The summed E-state index contributed by atoms with van der Waals surface area (Å²) in [6.07, 6.45) is 1.95. The van der Waals surface area contributed by atoms with Gasteiger partial charge in [-0.05, 0) is 50.5 Å². The van der Waals surface area contributed by atoms with Gasteiger partial charge in [0.25, 0.3) is 5.91 Å². The van der Waals surface area contributed by atoms with Gasteiger partial charge in [0.2, 0.25) is 11.8 Å². The number of rotatable bonds is 7. The first-order chi connectivity index (χ1) is 14.7. The van der Waals surface area contributed by atoms with E-state index in [-0.39, 0.29) is 30.3 Å². The van der Waals surface area contributed by atoms with Gasteiger partial charge in [0.15, 0.2) is 5.65 Å². The average molecular weight is 443 g/mol. The molecule has 0 unspecified atom stereocenters. The molecule has 162 valence electrons. The lowest BCUT2D eigenvalue weighted by molar-refractivity contribution is -0.124. The number of anilines is 1. The summed E-state index contributed by atoms with van der Waals surface area (Å²) in [5.74, 6) is -1.24. The molecular weight excluding hydrogens is 420 g/mol. The van der Waals surface area contributed by atoms with Crippen molar-refractivity contribution in [2.75, 3.05) is 11.9 Å². The maximum absolute atomic E-state index is 12.2. The van der Waals surface area contributed by atoms with E-state index in [9.17, 15) is 14.4 Å². The Bertz CT molecular complexity index is 1190. The minimum Gasteiger partial charge on any atom is -0.365 e. The standard InChI is InChI=1S/C21H23ClN6O3/c1-11-4-6-17(16(22)8-11)27-19(30)10-24-18(29)7-5-14-12(2)26-21-15(20(23)31)9-25-28(21)13(14)3/h4,6,8-9H,5,7,10H2,1-3H3,(H2,23,31)(H,24,29)(H,27,30). The number of nitrogens with zero attached hydrogens (tertiary/aromatic N) is 3. The van der Waals surface area contributed by atoms with Crippen LogP contribution in [0, 0.1) is 20.8 Å². The van der Waals surface area contributed by atoms with Gasteiger partial charge in [-0.3, -0.25) is 14.4 Å².